The highest BCUT2D eigenvalue weighted by molar-refractivity contribution is 5.08. The fourth-order valence-electron chi connectivity index (χ4n) is 3.59. The smallest absolute Gasteiger partial charge is 0.212 e. The van der Waals surface area contributed by atoms with Crippen LogP contribution in [-0.2, 0) is 11.3 Å². The fourth-order valence-corrected chi connectivity index (χ4v) is 3.59. The molecule has 0 radical (unpaired) electrons. The molecule has 0 unspecified atom stereocenters. The van der Waals surface area contributed by atoms with Crippen LogP contribution in [0, 0.1) is 17.8 Å². The molecule has 1 saturated heterocycles. The Balaban J connectivity index is 1.58. The average Bonchev–Trinajstić information content (AvgIpc) is 2.67. The molecule has 2 fully saturated rings. The lowest BCUT2D eigenvalue weighted by molar-refractivity contribution is -0.0565. The number of hydrogen-bond acceptors (Lipinski definition) is 3. The molecule has 3 atom stereocenters. The van der Waals surface area contributed by atoms with E-state index < -0.39 is 5.95 Å². The van der Waals surface area contributed by atoms with Gasteiger partial charge in [-0.2, -0.15) is 4.39 Å². The predicted octanol–water partition coefficient (Wildman–Crippen LogP) is 2.86. The maximum absolute atomic E-state index is 12.8. The first-order valence-electron chi connectivity index (χ1n) is 7.59. The van der Waals surface area contributed by atoms with Crippen molar-refractivity contribution >= 4 is 0 Å². The molecule has 4 heteroatoms. The zero-order chi connectivity index (χ0) is 14.1. The lowest BCUT2D eigenvalue weighted by Gasteiger charge is -2.39. The first kappa shape index (κ1) is 14.0. The van der Waals surface area contributed by atoms with Crippen molar-refractivity contribution in [3.05, 3.63) is 29.8 Å². The van der Waals surface area contributed by atoms with Gasteiger partial charge in [0.1, 0.15) is 0 Å². The third-order valence-electron chi connectivity index (χ3n) is 4.74. The molecule has 0 N–H and O–H groups in total. The van der Waals surface area contributed by atoms with Crippen molar-refractivity contribution in [1.29, 1.82) is 0 Å². The summed E-state index contributed by atoms with van der Waals surface area (Å²) in [6, 6.07) is 3.78. The third-order valence-corrected chi connectivity index (χ3v) is 4.74. The van der Waals surface area contributed by atoms with Crippen molar-refractivity contribution in [2.75, 3.05) is 13.1 Å². The van der Waals surface area contributed by atoms with E-state index >= 15 is 0 Å². The van der Waals surface area contributed by atoms with Crippen molar-refractivity contribution in [3.63, 3.8) is 0 Å². The van der Waals surface area contributed by atoms with E-state index in [0.29, 0.717) is 30.6 Å². The van der Waals surface area contributed by atoms with Crippen LogP contribution in [0.25, 0.3) is 0 Å². The zero-order valence-electron chi connectivity index (χ0n) is 12.3. The number of halogens is 1. The van der Waals surface area contributed by atoms with Gasteiger partial charge in [-0.25, -0.2) is 4.98 Å². The second-order valence-electron chi connectivity index (χ2n) is 6.41. The SMILES string of the molecule is CC(C)N1C[C@H]2CC[C@@H](C1)[C@H]2OCc1ccc(F)nc1. The summed E-state index contributed by atoms with van der Waals surface area (Å²) in [6.07, 6.45) is 4.50. The van der Waals surface area contributed by atoms with E-state index in [1.807, 2.05) is 0 Å². The maximum atomic E-state index is 12.8. The number of rotatable bonds is 4. The molecular weight excluding hydrogens is 255 g/mol. The topological polar surface area (TPSA) is 25.4 Å². The number of pyridine rings is 1. The molecule has 0 aromatic carbocycles. The molecule has 1 aromatic rings. The van der Waals surface area contributed by atoms with Gasteiger partial charge in [0.2, 0.25) is 5.95 Å². The summed E-state index contributed by atoms with van der Waals surface area (Å²) in [4.78, 5) is 6.25. The van der Waals surface area contributed by atoms with Gasteiger partial charge in [0.05, 0.1) is 12.7 Å². The van der Waals surface area contributed by atoms with Crippen molar-refractivity contribution in [1.82, 2.24) is 9.88 Å². The van der Waals surface area contributed by atoms with Crippen LogP contribution < -0.4 is 0 Å². The summed E-state index contributed by atoms with van der Waals surface area (Å²) in [5.41, 5.74) is 0.956. The van der Waals surface area contributed by atoms with Crippen molar-refractivity contribution < 1.29 is 9.13 Å². The summed E-state index contributed by atoms with van der Waals surface area (Å²) in [5, 5.41) is 0. The van der Waals surface area contributed by atoms with E-state index in [0.717, 1.165) is 18.7 Å². The minimum Gasteiger partial charge on any atom is -0.373 e. The van der Waals surface area contributed by atoms with Crippen molar-refractivity contribution in [3.8, 4) is 0 Å². The minimum atomic E-state index is -0.431. The Morgan fingerprint density at radius 2 is 2.00 bits per heavy atom. The van der Waals surface area contributed by atoms with Crippen molar-refractivity contribution in [2.45, 2.75) is 45.4 Å². The van der Waals surface area contributed by atoms with Crippen LogP contribution in [0.3, 0.4) is 0 Å². The molecule has 0 spiro atoms. The zero-order valence-corrected chi connectivity index (χ0v) is 12.3. The largest absolute Gasteiger partial charge is 0.373 e. The summed E-state index contributed by atoms with van der Waals surface area (Å²) in [5.74, 6) is 0.883. The maximum Gasteiger partial charge on any atom is 0.212 e. The summed E-state index contributed by atoms with van der Waals surface area (Å²) < 4.78 is 18.9. The van der Waals surface area contributed by atoms with Gasteiger partial charge in [-0.3, -0.25) is 0 Å². The summed E-state index contributed by atoms with van der Waals surface area (Å²) in [6.45, 7) is 7.39. The number of nitrogens with zero attached hydrogens (tertiary/aromatic N) is 2. The highest BCUT2D eigenvalue weighted by Crippen LogP contribution is 2.39. The third kappa shape index (κ3) is 2.86. The van der Waals surface area contributed by atoms with Gasteiger partial charge in [-0.15, -0.1) is 0 Å². The molecule has 1 aliphatic heterocycles. The van der Waals surface area contributed by atoms with Crippen molar-refractivity contribution in [2.24, 2.45) is 11.8 Å². The molecule has 1 aliphatic carbocycles. The number of fused-ring (bicyclic) bond motifs is 2. The molecular formula is C16H23FN2O. The molecule has 3 nitrogen and oxygen atoms in total. The van der Waals surface area contributed by atoms with Crippen LogP contribution in [0.2, 0.25) is 0 Å². The van der Waals surface area contributed by atoms with E-state index in [-0.39, 0.29) is 0 Å². The Bertz CT molecular complexity index is 434. The van der Waals surface area contributed by atoms with E-state index in [9.17, 15) is 4.39 Å². The lowest BCUT2D eigenvalue weighted by Crippen LogP contribution is -2.48. The van der Waals surface area contributed by atoms with Crippen LogP contribution in [0.5, 0.6) is 0 Å². The Kier molecular flexibility index (Phi) is 4.03. The standard InChI is InChI=1S/C16H23FN2O/c1-11(2)19-8-13-4-5-14(9-19)16(13)20-10-12-3-6-15(17)18-7-12/h3,6-7,11,13-14,16H,4-5,8-10H2,1-2H3/t13-,14+,16+. The molecule has 1 aromatic heterocycles. The van der Waals surface area contributed by atoms with E-state index in [1.54, 1.807) is 12.3 Å². The Morgan fingerprint density at radius 1 is 1.30 bits per heavy atom. The highest BCUT2D eigenvalue weighted by Gasteiger charge is 2.43. The number of hydrogen-bond donors (Lipinski definition) is 0. The number of aromatic nitrogens is 1. The van der Waals surface area contributed by atoms with Crippen LogP contribution in [0.4, 0.5) is 4.39 Å². The van der Waals surface area contributed by atoms with Gasteiger partial charge in [-0.1, -0.05) is 6.07 Å². The predicted molar refractivity (Wildman–Crippen MR) is 75.7 cm³/mol. The monoisotopic (exact) mass is 278 g/mol. The molecule has 20 heavy (non-hydrogen) atoms. The number of piperidine rings is 1. The summed E-state index contributed by atoms with van der Waals surface area (Å²) >= 11 is 0. The van der Waals surface area contributed by atoms with Crippen LogP contribution >= 0.6 is 0 Å². The number of ether oxygens (including phenoxy) is 1. The lowest BCUT2D eigenvalue weighted by atomic mass is 9.94. The Labute approximate surface area is 120 Å². The Hall–Kier alpha value is -1.00. The van der Waals surface area contributed by atoms with E-state index in [4.69, 9.17) is 4.74 Å². The minimum absolute atomic E-state index is 0.370. The second-order valence-corrected chi connectivity index (χ2v) is 6.41. The molecule has 110 valence electrons. The molecule has 0 amide bonds. The normalized spacial score (nSPS) is 30.1. The average molecular weight is 278 g/mol. The van der Waals surface area contributed by atoms with Gasteiger partial charge in [0.25, 0.3) is 0 Å². The molecule has 3 rings (SSSR count). The van der Waals surface area contributed by atoms with Gasteiger partial charge in [-0.05, 0) is 50.2 Å². The molecule has 2 aliphatic rings. The Morgan fingerprint density at radius 3 is 2.55 bits per heavy atom. The van der Waals surface area contributed by atoms with Gasteiger partial charge < -0.3 is 9.64 Å². The second kappa shape index (κ2) is 5.78. The van der Waals surface area contributed by atoms with E-state index in [1.165, 1.54) is 18.9 Å². The van der Waals surface area contributed by atoms with Gasteiger partial charge >= 0.3 is 0 Å². The van der Waals surface area contributed by atoms with Crippen LogP contribution in [0.1, 0.15) is 32.3 Å². The first-order valence-corrected chi connectivity index (χ1v) is 7.59. The van der Waals surface area contributed by atoms with Crippen LogP contribution in [-0.4, -0.2) is 35.1 Å². The molecule has 1 saturated carbocycles. The van der Waals surface area contributed by atoms with Gasteiger partial charge in [0, 0.05) is 25.3 Å². The fraction of sp³-hybridized carbons (Fsp3) is 0.688. The highest BCUT2D eigenvalue weighted by atomic mass is 19.1. The molecule has 2 heterocycles. The first-order chi connectivity index (χ1) is 9.63. The molecule has 2 bridgehead atoms. The number of likely N-dealkylation sites (tertiary alicyclic amines) is 1. The summed E-state index contributed by atoms with van der Waals surface area (Å²) in [7, 11) is 0. The van der Waals surface area contributed by atoms with Crippen LogP contribution in [0.15, 0.2) is 18.3 Å². The quantitative estimate of drug-likeness (QED) is 0.792. The van der Waals surface area contributed by atoms with E-state index in [2.05, 4.69) is 23.7 Å². The van der Waals surface area contributed by atoms with Gasteiger partial charge in [0.15, 0.2) is 0 Å².